The van der Waals surface area contributed by atoms with Gasteiger partial charge in [-0.3, -0.25) is 4.79 Å². The van der Waals surface area contributed by atoms with Gasteiger partial charge < -0.3 is 19.6 Å². The smallest absolute Gasteiger partial charge is 0.475 e. The summed E-state index contributed by atoms with van der Waals surface area (Å²) in [4.78, 5) is 25.9. The predicted molar refractivity (Wildman–Crippen MR) is 107 cm³/mol. The lowest BCUT2D eigenvalue weighted by atomic mass is 9.96. The van der Waals surface area contributed by atoms with Crippen molar-refractivity contribution >= 4 is 11.9 Å². The van der Waals surface area contributed by atoms with Crippen LogP contribution in [0.3, 0.4) is 0 Å². The summed E-state index contributed by atoms with van der Waals surface area (Å²) in [7, 11) is 4.17. The van der Waals surface area contributed by atoms with Gasteiger partial charge in [0, 0.05) is 18.5 Å². The molecule has 1 aromatic rings. The number of carboxylic acid groups (broad SMARTS) is 1. The highest BCUT2D eigenvalue weighted by molar-refractivity contribution is 5.79. The Morgan fingerprint density at radius 2 is 1.87 bits per heavy atom. The third-order valence-electron chi connectivity index (χ3n) is 5.10. The molecule has 0 bridgehead atoms. The summed E-state index contributed by atoms with van der Waals surface area (Å²) in [6.07, 6.45) is -3.54. The minimum Gasteiger partial charge on any atom is -0.475 e. The van der Waals surface area contributed by atoms with Crippen LogP contribution in [0.4, 0.5) is 13.2 Å². The van der Waals surface area contributed by atoms with Crippen molar-refractivity contribution < 1.29 is 32.6 Å². The second-order valence-corrected chi connectivity index (χ2v) is 7.66. The van der Waals surface area contributed by atoms with Crippen molar-refractivity contribution in [1.82, 2.24) is 9.80 Å². The highest BCUT2D eigenvalue weighted by Gasteiger charge is 2.38. The molecule has 2 atom stereocenters. The molecule has 30 heavy (non-hydrogen) atoms. The van der Waals surface area contributed by atoms with Gasteiger partial charge in [-0.15, -0.1) is 0 Å². The zero-order chi connectivity index (χ0) is 22.9. The number of benzene rings is 1. The predicted octanol–water partition coefficient (Wildman–Crippen LogP) is 2.99. The van der Waals surface area contributed by atoms with Crippen LogP contribution >= 0.6 is 0 Å². The number of nitrogens with zero attached hydrogens (tertiary/aromatic N) is 2. The molecule has 6 nitrogen and oxygen atoms in total. The Bertz CT molecular complexity index is 695. The second kappa shape index (κ2) is 11.9. The van der Waals surface area contributed by atoms with Gasteiger partial charge in [-0.2, -0.15) is 13.2 Å². The number of aryl methyl sites for hydroxylation is 1. The molecule has 1 N–H and O–H groups in total. The molecule has 0 unspecified atom stereocenters. The first-order valence-electron chi connectivity index (χ1n) is 9.80. The molecule has 1 saturated heterocycles. The van der Waals surface area contributed by atoms with E-state index in [9.17, 15) is 18.0 Å². The van der Waals surface area contributed by atoms with Crippen molar-refractivity contribution in [3.05, 3.63) is 35.4 Å². The van der Waals surface area contributed by atoms with Crippen LogP contribution in [-0.2, 0) is 20.7 Å². The summed E-state index contributed by atoms with van der Waals surface area (Å²) in [5.74, 6) is -2.14. The number of alkyl halides is 3. The molecule has 2 rings (SSSR count). The summed E-state index contributed by atoms with van der Waals surface area (Å²) in [5, 5.41) is 7.12. The average molecular weight is 432 g/mol. The normalized spacial score (nSPS) is 19.7. The molecular weight excluding hydrogens is 401 g/mol. The highest BCUT2D eigenvalue weighted by Crippen LogP contribution is 2.21. The lowest BCUT2D eigenvalue weighted by molar-refractivity contribution is -0.192. The van der Waals surface area contributed by atoms with Gasteiger partial charge >= 0.3 is 12.1 Å². The lowest BCUT2D eigenvalue weighted by Crippen LogP contribution is -2.44. The molecule has 170 valence electrons. The molecule has 0 radical (unpaired) electrons. The van der Waals surface area contributed by atoms with Crippen LogP contribution in [0.1, 0.15) is 24.5 Å². The van der Waals surface area contributed by atoms with Gasteiger partial charge in [0.05, 0.1) is 19.6 Å². The van der Waals surface area contributed by atoms with Crippen molar-refractivity contribution in [2.45, 2.75) is 38.9 Å². The van der Waals surface area contributed by atoms with Crippen molar-refractivity contribution in [2.75, 3.05) is 40.4 Å². The zero-order valence-corrected chi connectivity index (χ0v) is 17.9. The second-order valence-electron chi connectivity index (χ2n) is 7.66. The maximum atomic E-state index is 12.8. The fourth-order valence-corrected chi connectivity index (χ4v) is 3.17. The maximum absolute atomic E-state index is 12.8. The zero-order valence-electron chi connectivity index (χ0n) is 17.9. The Hall–Kier alpha value is -2.13. The topological polar surface area (TPSA) is 70.1 Å². The van der Waals surface area contributed by atoms with Gasteiger partial charge in [-0.25, -0.2) is 4.79 Å². The fourth-order valence-electron chi connectivity index (χ4n) is 3.17. The first-order chi connectivity index (χ1) is 13.9. The van der Waals surface area contributed by atoms with Crippen LogP contribution in [0, 0.1) is 12.8 Å². The molecule has 0 aromatic heterocycles. The van der Waals surface area contributed by atoms with Crippen molar-refractivity contribution in [3.63, 3.8) is 0 Å². The van der Waals surface area contributed by atoms with E-state index in [1.807, 2.05) is 17.0 Å². The van der Waals surface area contributed by atoms with Gasteiger partial charge in [-0.1, -0.05) is 24.3 Å². The quantitative estimate of drug-likeness (QED) is 0.775. The van der Waals surface area contributed by atoms with E-state index in [0.717, 1.165) is 25.1 Å². The summed E-state index contributed by atoms with van der Waals surface area (Å²) in [5.41, 5.74) is 2.31. The number of aliphatic carboxylic acids is 1. The van der Waals surface area contributed by atoms with Crippen molar-refractivity contribution in [2.24, 2.45) is 5.92 Å². The number of carboxylic acids is 1. The molecule has 0 spiro atoms. The van der Waals surface area contributed by atoms with Gasteiger partial charge in [-0.05, 0) is 52.0 Å². The van der Waals surface area contributed by atoms with Crippen molar-refractivity contribution in [3.8, 4) is 0 Å². The Morgan fingerprint density at radius 1 is 1.27 bits per heavy atom. The fraction of sp³-hybridized carbons (Fsp3) is 0.619. The van der Waals surface area contributed by atoms with Crippen molar-refractivity contribution in [1.29, 1.82) is 0 Å². The molecule has 1 aromatic carbocycles. The van der Waals surface area contributed by atoms with E-state index >= 15 is 0 Å². The molecule has 1 fully saturated rings. The molecule has 1 aliphatic rings. The summed E-state index contributed by atoms with van der Waals surface area (Å²) in [6, 6.07) is 8.37. The summed E-state index contributed by atoms with van der Waals surface area (Å²) < 4.78 is 37.5. The Morgan fingerprint density at radius 3 is 2.40 bits per heavy atom. The molecule has 1 heterocycles. The number of rotatable bonds is 5. The van der Waals surface area contributed by atoms with Crippen LogP contribution in [-0.4, -0.2) is 79.4 Å². The van der Waals surface area contributed by atoms with Gasteiger partial charge in [0.25, 0.3) is 0 Å². The minimum atomic E-state index is -5.08. The Kier molecular flexibility index (Phi) is 10.3. The van der Waals surface area contributed by atoms with E-state index in [1.54, 1.807) is 0 Å². The lowest BCUT2D eigenvalue weighted by Gasteiger charge is -2.32. The standard InChI is InChI=1S/C19H30N2O2.C2HF3O2/c1-15-7-5-6-8-17(15)13-19(22)21-11-12-23-14-18(16(21)2)9-10-20(3)4;3-2(4,5)1(6)7/h5-8,16,18H,9-14H2,1-4H3;(H,6,7)/t16-,18+;/m0./s1. The third-order valence-corrected chi connectivity index (χ3v) is 5.10. The molecular formula is C21H31F3N2O4. The number of ether oxygens (including phenoxy) is 1. The van der Waals surface area contributed by atoms with Crippen LogP contribution < -0.4 is 0 Å². The van der Waals surface area contributed by atoms with E-state index < -0.39 is 12.1 Å². The third kappa shape index (κ3) is 8.71. The largest absolute Gasteiger partial charge is 0.490 e. The Labute approximate surface area is 175 Å². The van der Waals surface area contributed by atoms with E-state index in [2.05, 4.69) is 45.0 Å². The summed E-state index contributed by atoms with van der Waals surface area (Å²) >= 11 is 0. The molecule has 1 aliphatic heterocycles. The van der Waals surface area contributed by atoms with Gasteiger partial charge in [0.15, 0.2) is 0 Å². The molecule has 9 heteroatoms. The number of hydrogen-bond donors (Lipinski definition) is 1. The number of carbonyl (C=O) groups is 2. The minimum absolute atomic E-state index is 0.215. The van der Waals surface area contributed by atoms with Crippen LogP contribution in [0.25, 0.3) is 0 Å². The van der Waals surface area contributed by atoms with E-state index in [4.69, 9.17) is 14.6 Å². The number of halogens is 3. The monoisotopic (exact) mass is 432 g/mol. The SMILES string of the molecule is Cc1ccccc1CC(=O)N1CCOC[C@@H](CCN(C)C)[C@@H]1C.O=C(O)C(F)(F)F. The molecule has 0 aliphatic carbocycles. The van der Waals surface area contributed by atoms with Crippen LogP contribution in [0.15, 0.2) is 24.3 Å². The van der Waals surface area contributed by atoms with E-state index in [0.29, 0.717) is 25.5 Å². The number of amides is 1. The maximum Gasteiger partial charge on any atom is 0.490 e. The highest BCUT2D eigenvalue weighted by atomic mass is 19.4. The van der Waals surface area contributed by atoms with E-state index in [-0.39, 0.29) is 11.9 Å². The molecule has 0 saturated carbocycles. The van der Waals surface area contributed by atoms with Gasteiger partial charge in [0.2, 0.25) is 5.91 Å². The van der Waals surface area contributed by atoms with Gasteiger partial charge in [0.1, 0.15) is 0 Å². The molecule has 1 amide bonds. The summed E-state index contributed by atoms with van der Waals surface area (Å²) in [6.45, 7) is 7.36. The average Bonchev–Trinajstić information content (AvgIpc) is 2.83. The van der Waals surface area contributed by atoms with Crippen LogP contribution in [0.2, 0.25) is 0 Å². The van der Waals surface area contributed by atoms with E-state index in [1.165, 1.54) is 5.56 Å². The first kappa shape index (κ1) is 25.9. The first-order valence-corrected chi connectivity index (χ1v) is 9.80. The van der Waals surface area contributed by atoms with Crippen LogP contribution in [0.5, 0.6) is 0 Å². The Balaban J connectivity index is 0.000000553. The number of hydrogen-bond acceptors (Lipinski definition) is 4. The number of carbonyl (C=O) groups excluding carboxylic acids is 1.